The number of benzene rings is 2. The van der Waals surface area contributed by atoms with Gasteiger partial charge in [0.25, 0.3) is 5.91 Å². The molecule has 0 aliphatic carbocycles. The molecule has 0 bridgehead atoms. The van der Waals surface area contributed by atoms with Crippen LogP contribution < -0.4 is 5.32 Å². The van der Waals surface area contributed by atoms with Crippen LogP contribution in [0.3, 0.4) is 0 Å². The van der Waals surface area contributed by atoms with Crippen LogP contribution in [-0.2, 0) is 22.1 Å². The third kappa shape index (κ3) is 4.92. The van der Waals surface area contributed by atoms with E-state index in [1.54, 1.807) is 24.4 Å². The lowest BCUT2D eigenvalue weighted by Crippen LogP contribution is -2.11. The first-order chi connectivity index (χ1) is 14.9. The Morgan fingerprint density at radius 3 is 2.45 bits per heavy atom. The summed E-state index contributed by atoms with van der Waals surface area (Å²) in [5.41, 5.74) is 1.69. The molecule has 2 heterocycles. The van der Waals surface area contributed by atoms with E-state index >= 15 is 0 Å². The van der Waals surface area contributed by atoms with E-state index < -0.39 is 15.7 Å². The molecule has 0 saturated heterocycles. The number of carbonyl (C=O) groups excluding carboxylic acids is 1. The minimum absolute atomic E-state index is 0.0522. The summed E-state index contributed by atoms with van der Waals surface area (Å²) in [5.74, 6) is 0.436. The fraction of sp³-hybridized carbons (Fsp3) is 0.130. The van der Waals surface area contributed by atoms with Gasteiger partial charge in [-0.1, -0.05) is 30.3 Å². The number of hydrogen-bond donors (Lipinski definition) is 1. The van der Waals surface area contributed by atoms with Gasteiger partial charge in [-0.25, -0.2) is 13.4 Å². The van der Waals surface area contributed by atoms with Crippen molar-refractivity contribution in [1.29, 1.82) is 0 Å². The van der Waals surface area contributed by atoms with Crippen LogP contribution >= 0.6 is 0 Å². The third-order valence-electron chi connectivity index (χ3n) is 4.81. The van der Waals surface area contributed by atoms with Gasteiger partial charge < -0.3 is 14.3 Å². The Labute approximate surface area is 180 Å². The summed E-state index contributed by atoms with van der Waals surface area (Å²) < 4.78 is 32.5. The number of aryl methyl sites for hydroxylation is 1. The van der Waals surface area contributed by atoms with Crippen molar-refractivity contribution in [1.82, 2.24) is 9.55 Å². The Hall–Kier alpha value is -3.65. The van der Waals surface area contributed by atoms with Crippen molar-refractivity contribution in [2.45, 2.75) is 24.1 Å². The Balaban J connectivity index is 1.39. The molecule has 0 spiro atoms. The predicted molar refractivity (Wildman–Crippen MR) is 117 cm³/mol. The van der Waals surface area contributed by atoms with Gasteiger partial charge in [-0.2, -0.15) is 0 Å². The highest BCUT2D eigenvalue weighted by Crippen LogP contribution is 2.19. The van der Waals surface area contributed by atoms with Crippen LogP contribution in [0, 0.1) is 6.92 Å². The molecule has 0 saturated carbocycles. The van der Waals surface area contributed by atoms with Gasteiger partial charge in [0.2, 0.25) is 0 Å². The van der Waals surface area contributed by atoms with Crippen LogP contribution in [0.15, 0.2) is 88.4 Å². The lowest BCUT2D eigenvalue weighted by molar-refractivity contribution is 0.0995. The minimum atomic E-state index is -3.55. The van der Waals surface area contributed by atoms with Gasteiger partial charge in [0.1, 0.15) is 17.3 Å². The molecule has 31 heavy (non-hydrogen) atoms. The number of sulfone groups is 1. The number of nitrogens with one attached hydrogen (secondary N) is 1. The summed E-state index contributed by atoms with van der Waals surface area (Å²) in [6, 6.07) is 18.6. The molecule has 4 aromatic rings. The SMILES string of the molecule is Cc1nccn1Cc1ccc(NC(=O)c2ccc(CS(=O)(=O)c3ccccc3)o2)cc1. The fourth-order valence-corrected chi connectivity index (χ4v) is 4.40. The van der Waals surface area contributed by atoms with Crippen molar-refractivity contribution in [3.05, 3.63) is 102 Å². The molecule has 0 aliphatic heterocycles. The molecular formula is C23H21N3O4S. The Bertz CT molecular complexity index is 1290. The number of amides is 1. The van der Waals surface area contributed by atoms with Crippen molar-refractivity contribution < 1.29 is 17.6 Å². The highest BCUT2D eigenvalue weighted by Gasteiger charge is 2.19. The zero-order valence-electron chi connectivity index (χ0n) is 16.9. The number of aromatic nitrogens is 2. The first-order valence-corrected chi connectivity index (χ1v) is 11.3. The maximum atomic E-state index is 12.5. The first-order valence-electron chi connectivity index (χ1n) is 9.65. The van der Waals surface area contributed by atoms with Crippen LogP contribution in [0.2, 0.25) is 0 Å². The number of hydrogen-bond acceptors (Lipinski definition) is 5. The van der Waals surface area contributed by atoms with Gasteiger partial charge in [0.15, 0.2) is 15.6 Å². The average molecular weight is 436 g/mol. The third-order valence-corrected chi connectivity index (χ3v) is 6.46. The van der Waals surface area contributed by atoms with E-state index in [-0.39, 0.29) is 22.2 Å². The molecule has 0 atom stereocenters. The number of carbonyl (C=O) groups is 1. The molecule has 1 N–H and O–H groups in total. The number of rotatable bonds is 7. The lowest BCUT2D eigenvalue weighted by atomic mass is 10.2. The molecule has 8 heteroatoms. The van der Waals surface area contributed by atoms with E-state index in [9.17, 15) is 13.2 Å². The van der Waals surface area contributed by atoms with E-state index in [4.69, 9.17) is 4.42 Å². The molecule has 7 nitrogen and oxygen atoms in total. The van der Waals surface area contributed by atoms with E-state index in [1.165, 1.54) is 24.3 Å². The van der Waals surface area contributed by atoms with Crippen molar-refractivity contribution in [3.63, 3.8) is 0 Å². The number of nitrogens with zero attached hydrogens (tertiary/aromatic N) is 2. The molecular weight excluding hydrogens is 414 g/mol. The van der Waals surface area contributed by atoms with Gasteiger partial charge >= 0.3 is 0 Å². The topological polar surface area (TPSA) is 94.2 Å². The van der Waals surface area contributed by atoms with E-state index in [0.29, 0.717) is 12.2 Å². The molecule has 0 unspecified atom stereocenters. The molecule has 0 aliphatic rings. The summed E-state index contributed by atoms with van der Waals surface area (Å²) in [5, 5.41) is 2.76. The van der Waals surface area contributed by atoms with Crippen LogP contribution in [0.1, 0.15) is 27.7 Å². The number of anilines is 1. The van der Waals surface area contributed by atoms with Crippen molar-refractivity contribution in [3.8, 4) is 0 Å². The van der Waals surface area contributed by atoms with Gasteiger partial charge in [0, 0.05) is 24.6 Å². The lowest BCUT2D eigenvalue weighted by Gasteiger charge is -2.07. The summed E-state index contributed by atoms with van der Waals surface area (Å²) >= 11 is 0. The van der Waals surface area contributed by atoms with E-state index in [0.717, 1.165) is 11.4 Å². The zero-order valence-corrected chi connectivity index (χ0v) is 17.7. The summed E-state index contributed by atoms with van der Waals surface area (Å²) in [6.07, 6.45) is 3.67. The van der Waals surface area contributed by atoms with Crippen LogP contribution in [-0.4, -0.2) is 23.9 Å². The van der Waals surface area contributed by atoms with E-state index in [2.05, 4.69) is 10.3 Å². The molecule has 0 radical (unpaired) electrons. The molecule has 0 fully saturated rings. The molecule has 4 rings (SSSR count). The molecule has 158 valence electrons. The summed E-state index contributed by atoms with van der Waals surface area (Å²) in [7, 11) is -3.55. The van der Waals surface area contributed by atoms with Crippen molar-refractivity contribution >= 4 is 21.4 Å². The molecule has 2 aromatic heterocycles. The highest BCUT2D eigenvalue weighted by atomic mass is 32.2. The summed E-state index contributed by atoms with van der Waals surface area (Å²) in [6.45, 7) is 2.63. The monoisotopic (exact) mass is 435 g/mol. The quantitative estimate of drug-likeness (QED) is 0.472. The Morgan fingerprint density at radius 1 is 1.03 bits per heavy atom. The number of imidazole rings is 1. The van der Waals surface area contributed by atoms with Crippen molar-refractivity contribution in [2.24, 2.45) is 0 Å². The number of furan rings is 1. The predicted octanol–water partition coefficient (Wildman–Crippen LogP) is 4.06. The second-order valence-electron chi connectivity index (χ2n) is 7.09. The second kappa shape index (κ2) is 8.61. The fourth-order valence-electron chi connectivity index (χ4n) is 3.13. The van der Waals surface area contributed by atoms with Gasteiger partial charge in [-0.15, -0.1) is 0 Å². The smallest absolute Gasteiger partial charge is 0.291 e. The highest BCUT2D eigenvalue weighted by molar-refractivity contribution is 7.90. The standard InChI is InChI=1S/C23H21N3O4S/c1-17-24-13-14-26(17)15-18-7-9-19(10-8-18)25-23(27)22-12-11-20(30-22)16-31(28,29)21-5-3-2-4-6-21/h2-14H,15-16H2,1H3,(H,25,27). The first kappa shape index (κ1) is 20.6. The minimum Gasteiger partial charge on any atom is -0.455 e. The summed E-state index contributed by atoms with van der Waals surface area (Å²) in [4.78, 5) is 16.9. The zero-order chi connectivity index (χ0) is 21.8. The Morgan fingerprint density at radius 2 is 1.77 bits per heavy atom. The van der Waals surface area contributed by atoms with Gasteiger partial charge in [-0.3, -0.25) is 4.79 Å². The Kier molecular flexibility index (Phi) is 5.73. The van der Waals surface area contributed by atoms with E-state index in [1.807, 2.05) is 42.0 Å². The van der Waals surface area contributed by atoms with Gasteiger partial charge in [-0.05, 0) is 48.9 Å². The largest absolute Gasteiger partial charge is 0.455 e. The normalized spacial score (nSPS) is 11.4. The van der Waals surface area contributed by atoms with Crippen LogP contribution in [0.5, 0.6) is 0 Å². The molecule has 2 aromatic carbocycles. The molecule has 1 amide bonds. The van der Waals surface area contributed by atoms with Crippen LogP contribution in [0.4, 0.5) is 5.69 Å². The second-order valence-corrected chi connectivity index (χ2v) is 9.08. The maximum Gasteiger partial charge on any atom is 0.291 e. The average Bonchev–Trinajstić information content (AvgIpc) is 3.39. The van der Waals surface area contributed by atoms with Crippen molar-refractivity contribution in [2.75, 3.05) is 5.32 Å². The maximum absolute atomic E-state index is 12.5. The van der Waals surface area contributed by atoms with Gasteiger partial charge in [0.05, 0.1) is 4.90 Å². The van der Waals surface area contributed by atoms with Crippen LogP contribution in [0.25, 0.3) is 0 Å².